The van der Waals surface area contributed by atoms with Crippen LogP contribution in [0.3, 0.4) is 0 Å². The van der Waals surface area contributed by atoms with E-state index in [2.05, 4.69) is 15.9 Å². The molecule has 0 heterocycles. The number of ether oxygens (including phenoxy) is 2. The molecule has 7 rings (SSSR count). The number of halogens is 1. The first-order valence-electron chi connectivity index (χ1n) is 16.3. The van der Waals surface area contributed by atoms with Crippen LogP contribution in [0.5, 0.6) is 23.0 Å². The minimum atomic E-state index is -0.0671. The Morgan fingerprint density at radius 2 is 0.750 bits per heavy atom. The molecule has 0 aliphatic carbocycles. The van der Waals surface area contributed by atoms with Crippen molar-refractivity contribution < 1.29 is 34.1 Å². The average molecular weight is 756 g/mol. The van der Waals surface area contributed by atoms with Gasteiger partial charge in [-0.25, -0.2) is 0 Å². The highest BCUT2D eigenvalue weighted by molar-refractivity contribution is 9.09. The maximum Gasteiger partial charge on any atom is 0.200 e. The van der Waals surface area contributed by atoms with Gasteiger partial charge in [0.25, 0.3) is 0 Å². The number of hydrogen-bond donors (Lipinski definition) is 2. The fourth-order valence-corrected chi connectivity index (χ4v) is 5.34. The molecule has 0 atom stereocenters. The first-order chi connectivity index (χ1) is 25.3. The Labute approximate surface area is 309 Å². The summed E-state index contributed by atoms with van der Waals surface area (Å²) in [4.78, 5) is 35.3. The molecule has 2 N–H and O–H groups in total. The van der Waals surface area contributed by atoms with Gasteiger partial charge in [-0.2, -0.15) is 0 Å². The molecule has 0 spiro atoms. The minimum absolute atomic E-state index is 0.0156. The molecule has 0 saturated heterocycles. The van der Waals surface area contributed by atoms with Gasteiger partial charge in [0.05, 0.1) is 5.33 Å². The molecule has 0 aliphatic rings. The number of benzene rings is 7. The molecule has 0 radical (unpaired) electrons. The highest BCUT2D eigenvalue weighted by Crippen LogP contribution is 2.26. The van der Waals surface area contributed by atoms with Crippen LogP contribution in [0, 0.1) is 0 Å². The molecule has 8 heteroatoms. The fraction of sp³-hybridized carbons (Fsp3) is 0.0682. The van der Waals surface area contributed by atoms with Crippen LogP contribution < -0.4 is 9.47 Å². The predicted molar refractivity (Wildman–Crippen MR) is 208 cm³/mol. The Hall–Kier alpha value is -6.25. The molecular formula is C44H35BrO7. The molecule has 0 bridgehead atoms. The Balaban J connectivity index is 0.000000193. The Morgan fingerprint density at radius 3 is 1.12 bits per heavy atom. The quantitative estimate of drug-likeness (QED) is 0.106. The maximum absolute atomic E-state index is 12.2. The van der Waals surface area contributed by atoms with Crippen molar-refractivity contribution >= 4 is 54.8 Å². The average Bonchev–Trinajstić information content (AvgIpc) is 3.20. The van der Waals surface area contributed by atoms with Crippen molar-refractivity contribution in [1.29, 1.82) is 0 Å². The van der Waals surface area contributed by atoms with Crippen LogP contribution in [0.25, 0.3) is 21.5 Å². The van der Waals surface area contributed by atoms with Crippen molar-refractivity contribution in [2.75, 3.05) is 18.5 Å². The second-order valence-corrected chi connectivity index (χ2v) is 12.0. The molecule has 0 aromatic heterocycles. The topological polar surface area (TPSA) is 110 Å². The summed E-state index contributed by atoms with van der Waals surface area (Å²) >= 11 is 3.10. The molecule has 0 aliphatic heterocycles. The van der Waals surface area contributed by atoms with Gasteiger partial charge >= 0.3 is 0 Å². The number of rotatable bonds is 10. The summed E-state index contributed by atoms with van der Waals surface area (Å²) in [5.74, 6) is 1.73. The third-order valence-electron chi connectivity index (χ3n) is 7.74. The highest BCUT2D eigenvalue weighted by Gasteiger charge is 2.09. The summed E-state index contributed by atoms with van der Waals surface area (Å²) in [5.41, 5.74) is 2.02. The van der Waals surface area contributed by atoms with E-state index < -0.39 is 0 Å². The van der Waals surface area contributed by atoms with Crippen molar-refractivity contribution in [2.24, 2.45) is 0 Å². The molecule has 0 fully saturated rings. The van der Waals surface area contributed by atoms with E-state index in [0.29, 0.717) is 28.0 Å². The predicted octanol–water partition coefficient (Wildman–Crippen LogP) is 9.88. The molecule has 7 aromatic rings. The van der Waals surface area contributed by atoms with Gasteiger partial charge in [0, 0.05) is 16.7 Å². The molecule has 7 nitrogen and oxygen atoms in total. The first-order valence-corrected chi connectivity index (χ1v) is 17.4. The standard InChI is InChI=1S/C26H20O4.C10H8O2.C8H7BrO/c27-25(19-7-3-1-4-8-19)17-29-23-13-11-22-16-24(14-12-21(22)15-23)30-18-26(28)20-9-5-2-6-10-20;11-9-3-1-7-5-10(12)4-2-8(7)6-9;9-6-8(10)7-4-2-1-3-5-7/h1-16H,17-18H2;1-6,11-12H;1-5H,6H2. The summed E-state index contributed by atoms with van der Waals surface area (Å²) in [6.07, 6.45) is 0. The van der Waals surface area contributed by atoms with Crippen LogP contribution in [0.2, 0.25) is 0 Å². The second-order valence-electron chi connectivity index (χ2n) is 11.5. The van der Waals surface area contributed by atoms with Gasteiger partial charge in [-0.05, 0) is 70.1 Å². The molecule has 52 heavy (non-hydrogen) atoms. The lowest BCUT2D eigenvalue weighted by Crippen LogP contribution is -2.11. The zero-order valence-electron chi connectivity index (χ0n) is 28.0. The summed E-state index contributed by atoms with van der Waals surface area (Å²) in [6.45, 7) is -0.0311. The van der Waals surface area contributed by atoms with E-state index in [9.17, 15) is 14.4 Å². The van der Waals surface area contributed by atoms with Crippen LogP contribution in [0.4, 0.5) is 0 Å². The van der Waals surface area contributed by atoms with Crippen LogP contribution in [-0.2, 0) is 0 Å². The smallest absolute Gasteiger partial charge is 0.200 e. The SMILES string of the molecule is O=C(CBr)c1ccccc1.O=C(COc1ccc2cc(OCC(=O)c3ccccc3)ccc2c1)c1ccccc1.Oc1ccc2cc(O)ccc2c1. The number of carbonyl (C=O) groups is 3. The van der Waals surface area contributed by atoms with Crippen LogP contribution in [-0.4, -0.2) is 46.1 Å². The number of carbonyl (C=O) groups excluding carboxylic acids is 3. The third-order valence-corrected chi connectivity index (χ3v) is 8.25. The van der Waals surface area contributed by atoms with Crippen molar-refractivity contribution in [1.82, 2.24) is 0 Å². The summed E-state index contributed by atoms with van der Waals surface area (Å²) in [7, 11) is 0. The number of hydrogen-bond acceptors (Lipinski definition) is 7. The summed E-state index contributed by atoms with van der Waals surface area (Å²) in [6, 6.07) is 48.7. The zero-order chi connectivity index (χ0) is 36.7. The second kappa shape index (κ2) is 18.7. The van der Waals surface area contributed by atoms with Gasteiger partial charge in [-0.3, -0.25) is 14.4 Å². The van der Waals surface area contributed by atoms with Crippen LogP contribution >= 0.6 is 15.9 Å². The first kappa shape index (κ1) is 37.0. The van der Waals surface area contributed by atoms with Gasteiger partial charge in [-0.15, -0.1) is 0 Å². The number of Topliss-reactive ketones (excluding diaryl/α,β-unsaturated/α-hetero) is 3. The monoisotopic (exact) mass is 754 g/mol. The van der Waals surface area contributed by atoms with Gasteiger partial charge in [0.2, 0.25) is 0 Å². The number of aromatic hydroxyl groups is 2. The number of fused-ring (bicyclic) bond motifs is 2. The maximum atomic E-state index is 12.2. The number of phenolic OH excluding ortho intramolecular Hbond substituents is 2. The Kier molecular flexibility index (Phi) is 13.3. The van der Waals surface area contributed by atoms with Gasteiger partial charge in [-0.1, -0.05) is 131 Å². The highest BCUT2D eigenvalue weighted by atomic mass is 79.9. The number of phenols is 2. The van der Waals surface area contributed by atoms with Crippen molar-refractivity contribution in [3.63, 3.8) is 0 Å². The van der Waals surface area contributed by atoms with Crippen molar-refractivity contribution in [3.05, 3.63) is 180 Å². The van der Waals surface area contributed by atoms with Crippen molar-refractivity contribution in [3.8, 4) is 23.0 Å². The molecular weight excluding hydrogens is 720 g/mol. The van der Waals surface area contributed by atoms with Crippen molar-refractivity contribution in [2.45, 2.75) is 0 Å². The molecule has 0 unspecified atom stereocenters. The van der Waals surface area contributed by atoms with E-state index >= 15 is 0 Å². The Bertz CT molecular complexity index is 2120. The zero-order valence-corrected chi connectivity index (χ0v) is 29.6. The summed E-state index contributed by atoms with van der Waals surface area (Å²) in [5, 5.41) is 22.4. The van der Waals surface area contributed by atoms with Gasteiger partial charge < -0.3 is 19.7 Å². The van der Waals surface area contributed by atoms with E-state index in [1.807, 2.05) is 103 Å². The lowest BCUT2D eigenvalue weighted by molar-refractivity contribution is 0.0915. The van der Waals surface area contributed by atoms with Gasteiger partial charge in [0.1, 0.15) is 23.0 Å². The van der Waals surface area contributed by atoms with Crippen LogP contribution in [0.1, 0.15) is 31.1 Å². The molecule has 7 aromatic carbocycles. The largest absolute Gasteiger partial charge is 0.508 e. The lowest BCUT2D eigenvalue weighted by atomic mass is 10.1. The van der Waals surface area contributed by atoms with E-state index in [1.165, 1.54) is 0 Å². The fourth-order valence-electron chi connectivity index (χ4n) is 5.02. The summed E-state index contributed by atoms with van der Waals surface area (Å²) < 4.78 is 11.3. The van der Waals surface area contributed by atoms with E-state index in [4.69, 9.17) is 19.7 Å². The lowest BCUT2D eigenvalue weighted by Gasteiger charge is -2.09. The number of ketones is 3. The van der Waals surface area contributed by atoms with E-state index in [1.54, 1.807) is 60.7 Å². The van der Waals surface area contributed by atoms with Crippen LogP contribution in [0.15, 0.2) is 164 Å². The normalized spacial score (nSPS) is 10.2. The third kappa shape index (κ3) is 10.9. The molecule has 0 saturated carbocycles. The molecule has 0 amide bonds. The Morgan fingerprint density at radius 1 is 0.423 bits per heavy atom. The minimum Gasteiger partial charge on any atom is -0.508 e. The molecule has 260 valence electrons. The van der Waals surface area contributed by atoms with E-state index in [-0.39, 0.29) is 42.1 Å². The van der Waals surface area contributed by atoms with Gasteiger partial charge in [0.15, 0.2) is 30.6 Å². The van der Waals surface area contributed by atoms with E-state index in [0.717, 1.165) is 27.1 Å². The number of alkyl halides is 1.